The summed E-state index contributed by atoms with van der Waals surface area (Å²) in [6.07, 6.45) is 2.89. The molecule has 0 unspecified atom stereocenters. The fraction of sp³-hybridized carbons (Fsp3) is 0.464. The topological polar surface area (TPSA) is 152 Å². The number of nitrogens with zero attached hydrogens (tertiary/aromatic N) is 2. The molecule has 0 aliphatic heterocycles. The number of esters is 1. The summed E-state index contributed by atoms with van der Waals surface area (Å²) in [6.45, 7) is 7.04. The van der Waals surface area contributed by atoms with Crippen LogP contribution in [0.4, 0.5) is 5.69 Å². The first-order valence-corrected chi connectivity index (χ1v) is 12.6. The minimum Gasteiger partial charge on any atom is -0.481 e. The van der Waals surface area contributed by atoms with Gasteiger partial charge in [0.05, 0.1) is 18.7 Å². The third kappa shape index (κ3) is 10.6. The van der Waals surface area contributed by atoms with E-state index in [0.29, 0.717) is 31.4 Å². The maximum atomic E-state index is 13.1. The van der Waals surface area contributed by atoms with Crippen LogP contribution in [-0.2, 0) is 32.0 Å². The van der Waals surface area contributed by atoms with Crippen molar-refractivity contribution >= 4 is 29.4 Å². The van der Waals surface area contributed by atoms with Gasteiger partial charge in [-0.2, -0.15) is 0 Å². The number of nitrogens with one attached hydrogen (secondary N) is 1. The Morgan fingerprint density at radius 3 is 2.42 bits per heavy atom. The van der Waals surface area contributed by atoms with Crippen LogP contribution in [-0.4, -0.2) is 63.5 Å². The molecule has 0 radical (unpaired) electrons. The fourth-order valence-electron chi connectivity index (χ4n) is 3.82. The Hall–Kier alpha value is -3.95. The highest BCUT2D eigenvalue weighted by Crippen LogP contribution is 2.21. The van der Waals surface area contributed by atoms with Crippen molar-refractivity contribution in [2.45, 2.75) is 71.4 Å². The van der Waals surface area contributed by atoms with Crippen LogP contribution in [0.15, 0.2) is 42.6 Å². The monoisotopic (exact) mass is 526 g/mol. The van der Waals surface area contributed by atoms with Crippen LogP contribution >= 0.6 is 0 Å². The van der Waals surface area contributed by atoms with Gasteiger partial charge >= 0.3 is 11.9 Å². The molecule has 10 nitrogen and oxygen atoms in total. The number of nitrogens with two attached hydrogens (primary N) is 1. The summed E-state index contributed by atoms with van der Waals surface area (Å²) in [5.74, 6) is -2.24. The van der Waals surface area contributed by atoms with E-state index in [2.05, 4.69) is 10.3 Å². The zero-order valence-electron chi connectivity index (χ0n) is 22.5. The van der Waals surface area contributed by atoms with Crippen LogP contribution in [0, 0.1) is 0 Å². The highest BCUT2D eigenvalue weighted by molar-refractivity contribution is 5.93. The van der Waals surface area contributed by atoms with Crippen molar-refractivity contribution in [3.8, 4) is 0 Å². The van der Waals surface area contributed by atoms with Gasteiger partial charge in [-0.1, -0.05) is 30.3 Å². The zero-order valence-corrected chi connectivity index (χ0v) is 22.5. The summed E-state index contributed by atoms with van der Waals surface area (Å²) in [5.41, 5.74) is 7.48. The maximum Gasteiger partial charge on any atom is 0.359 e. The lowest BCUT2D eigenvalue weighted by Gasteiger charge is -2.23. The Labute approximate surface area is 223 Å². The first kappa shape index (κ1) is 30.3. The Morgan fingerprint density at radius 1 is 1.11 bits per heavy atom. The van der Waals surface area contributed by atoms with Crippen molar-refractivity contribution < 1.29 is 29.0 Å². The number of aromatic nitrogens is 1. The van der Waals surface area contributed by atoms with Crippen molar-refractivity contribution in [3.63, 3.8) is 0 Å². The number of anilines is 1. The summed E-state index contributed by atoms with van der Waals surface area (Å²) in [4.78, 5) is 54.5. The molecule has 1 atom stereocenters. The molecule has 1 heterocycles. The molecular formula is C28H38N4O6. The predicted octanol–water partition coefficient (Wildman–Crippen LogP) is 2.99. The number of carbonyl (C=O) groups is 4. The number of carboxylic acids is 1. The molecule has 0 aliphatic rings. The summed E-state index contributed by atoms with van der Waals surface area (Å²) >= 11 is 0. The molecule has 1 aromatic carbocycles. The van der Waals surface area contributed by atoms with E-state index in [9.17, 15) is 19.2 Å². The van der Waals surface area contributed by atoms with E-state index in [1.165, 1.54) is 11.1 Å². The number of hydrogen-bond donors (Lipinski definition) is 3. The van der Waals surface area contributed by atoms with E-state index < -0.39 is 29.5 Å². The number of amides is 2. The van der Waals surface area contributed by atoms with E-state index in [1.54, 1.807) is 33.8 Å². The lowest BCUT2D eigenvalue weighted by atomic mass is 10.1. The second-order valence-corrected chi connectivity index (χ2v) is 10.2. The van der Waals surface area contributed by atoms with Crippen LogP contribution in [0.1, 0.15) is 68.6 Å². The van der Waals surface area contributed by atoms with Gasteiger partial charge in [0.25, 0.3) is 0 Å². The first-order chi connectivity index (χ1) is 17.9. The van der Waals surface area contributed by atoms with Crippen LogP contribution in [0.5, 0.6) is 0 Å². The Kier molecular flexibility index (Phi) is 11.2. The summed E-state index contributed by atoms with van der Waals surface area (Å²) in [7, 11) is 0. The standard InChI is InChI=1S/C28H38N4O6/c1-19(17-24(35)36)31-22(33)18-32(16-14-20-9-6-5-7-10-20)23(34)12-8-11-21-13-15-30-26(25(21)29)27(37)38-28(2,3)4/h5-7,9-10,13,15,19H,8,11-12,14,16-18,29H2,1-4H3,(H,31,33)(H,35,36)/t19-/m1/s1. The van der Waals surface area contributed by atoms with E-state index in [0.717, 1.165) is 5.56 Å². The largest absolute Gasteiger partial charge is 0.481 e. The first-order valence-electron chi connectivity index (χ1n) is 12.6. The maximum absolute atomic E-state index is 13.1. The molecule has 38 heavy (non-hydrogen) atoms. The average molecular weight is 527 g/mol. The number of aliphatic carboxylic acids is 1. The zero-order chi connectivity index (χ0) is 28.3. The number of carbonyl (C=O) groups excluding carboxylic acids is 3. The number of ether oxygens (including phenoxy) is 1. The molecule has 0 saturated heterocycles. The normalized spacial score (nSPS) is 11.9. The molecule has 0 saturated carbocycles. The summed E-state index contributed by atoms with van der Waals surface area (Å²) in [6, 6.07) is 10.8. The molecule has 2 rings (SSSR count). The van der Waals surface area contributed by atoms with Crippen molar-refractivity contribution in [2.75, 3.05) is 18.8 Å². The molecular weight excluding hydrogens is 488 g/mol. The van der Waals surface area contributed by atoms with E-state index in [4.69, 9.17) is 15.6 Å². The number of benzene rings is 1. The van der Waals surface area contributed by atoms with Crippen molar-refractivity contribution in [1.29, 1.82) is 0 Å². The quantitative estimate of drug-likeness (QED) is 0.337. The fourth-order valence-corrected chi connectivity index (χ4v) is 3.82. The van der Waals surface area contributed by atoms with Gasteiger partial charge in [-0.05, 0) is 64.2 Å². The number of nitrogen functional groups attached to an aromatic ring is 1. The van der Waals surface area contributed by atoms with Gasteiger partial charge in [0.1, 0.15) is 5.60 Å². The molecule has 0 bridgehead atoms. The third-order valence-electron chi connectivity index (χ3n) is 5.60. The lowest BCUT2D eigenvalue weighted by molar-refractivity contribution is -0.139. The SMILES string of the molecule is C[C@H](CC(=O)O)NC(=O)CN(CCc1ccccc1)C(=O)CCCc1ccnc(C(=O)OC(C)(C)C)c1N. The molecule has 2 aromatic rings. The highest BCUT2D eigenvalue weighted by atomic mass is 16.6. The van der Waals surface area contributed by atoms with Gasteiger partial charge in [-0.15, -0.1) is 0 Å². The van der Waals surface area contributed by atoms with Gasteiger partial charge in [0, 0.05) is 25.2 Å². The summed E-state index contributed by atoms with van der Waals surface area (Å²) in [5, 5.41) is 11.6. The summed E-state index contributed by atoms with van der Waals surface area (Å²) < 4.78 is 5.37. The van der Waals surface area contributed by atoms with Crippen molar-refractivity contribution in [2.24, 2.45) is 0 Å². The number of carboxylic acid groups (broad SMARTS) is 1. The van der Waals surface area contributed by atoms with Crippen molar-refractivity contribution in [3.05, 3.63) is 59.4 Å². The molecule has 4 N–H and O–H groups in total. The van der Waals surface area contributed by atoms with Gasteiger partial charge in [-0.3, -0.25) is 14.4 Å². The average Bonchev–Trinajstić information content (AvgIpc) is 2.81. The number of rotatable bonds is 13. The van der Waals surface area contributed by atoms with Crippen LogP contribution < -0.4 is 11.1 Å². The minimum atomic E-state index is -1.01. The molecule has 0 fully saturated rings. The van der Waals surface area contributed by atoms with Crippen LogP contribution in [0.25, 0.3) is 0 Å². The molecule has 0 aliphatic carbocycles. The predicted molar refractivity (Wildman–Crippen MR) is 143 cm³/mol. The molecule has 1 aromatic heterocycles. The second-order valence-electron chi connectivity index (χ2n) is 10.2. The smallest absolute Gasteiger partial charge is 0.359 e. The number of pyridine rings is 1. The van der Waals surface area contributed by atoms with Crippen LogP contribution in [0.3, 0.4) is 0 Å². The third-order valence-corrected chi connectivity index (χ3v) is 5.60. The van der Waals surface area contributed by atoms with Crippen molar-refractivity contribution in [1.82, 2.24) is 15.2 Å². The molecule has 0 spiro atoms. The minimum absolute atomic E-state index is 0.0420. The molecule has 206 valence electrons. The van der Waals surface area contributed by atoms with E-state index >= 15 is 0 Å². The van der Waals surface area contributed by atoms with Gasteiger partial charge < -0.3 is 25.8 Å². The van der Waals surface area contributed by atoms with Gasteiger partial charge in [-0.25, -0.2) is 9.78 Å². The Balaban J connectivity index is 2.03. The number of hydrogen-bond acceptors (Lipinski definition) is 7. The second kappa shape index (κ2) is 14.1. The van der Waals surface area contributed by atoms with E-state index in [1.807, 2.05) is 30.3 Å². The lowest BCUT2D eigenvalue weighted by Crippen LogP contribution is -2.44. The molecule has 10 heteroatoms. The highest BCUT2D eigenvalue weighted by Gasteiger charge is 2.23. The Morgan fingerprint density at radius 2 is 1.79 bits per heavy atom. The van der Waals surface area contributed by atoms with Crippen LogP contribution in [0.2, 0.25) is 0 Å². The van der Waals surface area contributed by atoms with E-state index in [-0.39, 0.29) is 36.7 Å². The van der Waals surface area contributed by atoms with Gasteiger partial charge in [0.2, 0.25) is 11.8 Å². The number of aryl methyl sites for hydroxylation is 1. The Bertz CT molecular complexity index is 1110. The molecule has 2 amide bonds. The van der Waals surface area contributed by atoms with Gasteiger partial charge in [0.15, 0.2) is 5.69 Å².